The first-order chi connectivity index (χ1) is 5.33. The fraction of sp³-hybridized carbons (Fsp3) is 0.667. The molecule has 0 aliphatic heterocycles. The third-order valence-electron chi connectivity index (χ3n) is 1.01. The highest BCUT2D eigenvalue weighted by Crippen LogP contribution is 2.20. The molecule has 11 heavy (non-hydrogen) atoms. The standard InChI is InChI=1S/C6H9BrN2S2/c1-5-8-6(11-9-5)10-4-2-3-7/h2-4H2,1H3. The second-order valence-electron chi connectivity index (χ2n) is 2.00. The van der Waals surface area contributed by atoms with Crippen LogP contribution in [-0.4, -0.2) is 20.4 Å². The Morgan fingerprint density at radius 1 is 1.64 bits per heavy atom. The molecule has 1 rings (SSSR count). The van der Waals surface area contributed by atoms with Crippen molar-refractivity contribution in [2.45, 2.75) is 17.7 Å². The van der Waals surface area contributed by atoms with E-state index in [1.807, 2.05) is 6.92 Å². The molecule has 1 heterocycles. The molecule has 62 valence electrons. The fourth-order valence-corrected chi connectivity index (χ4v) is 2.86. The molecule has 1 aromatic heterocycles. The molecule has 0 N–H and O–H groups in total. The Balaban J connectivity index is 2.27. The number of rotatable bonds is 4. The van der Waals surface area contributed by atoms with E-state index in [1.54, 1.807) is 11.8 Å². The Morgan fingerprint density at radius 3 is 3.00 bits per heavy atom. The molecular formula is C6H9BrN2S2. The first-order valence-electron chi connectivity index (χ1n) is 3.32. The SMILES string of the molecule is Cc1nsc(SCCCBr)n1. The molecule has 0 aromatic carbocycles. The van der Waals surface area contributed by atoms with Gasteiger partial charge in [0.1, 0.15) is 5.82 Å². The zero-order chi connectivity index (χ0) is 8.10. The van der Waals surface area contributed by atoms with E-state index < -0.39 is 0 Å². The van der Waals surface area contributed by atoms with Gasteiger partial charge in [0.25, 0.3) is 0 Å². The van der Waals surface area contributed by atoms with Gasteiger partial charge in [-0.3, -0.25) is 0 Å². The molecule has 1 aromatic rings. The van der Waals surface area contributed by atoms with Gasteiger partial charge in [0.15, 0.2) is 4.34 Å². The molecule has 0 bridgehead atoms. The number of nitrogens with zero attached hydrogens (tertiary/aromatic N) is 2. The van der Waals surface area contributed by atoms with Crippen LogP contribution < -0.4 is 0 Å². The van der Waals surface area contributed by atoms with E-state index in [9.17, 15) is 0 Å². The van der Waals surface area contributed by atoms with Crippen LogP contribution in [0, 0.1) is 6.92 Å². The molecule has 0 radical (unpaired) electrons. The monoisotopic (exact) mass is 252 g/mol. The summed E-state index contributed by atoms with van der Waals surface area (Å²) in [7, 11) is 0. The van der Waals surface area contributed by atoms with Crippen LogP contribution in [0.3, 0.4) is 0 Å². The maximum absolute atomic E-state index is 4.24. The van der Waals surface area contributed by atoms with Gasteiger partial charge >= 0.3 is 0 Å². The van der Waals surface area contributed by atoms with Crippen LogP contribution in [-0.2, 0) is 0 Å². The Hall–Kier alpha value is 0.390. The zero-order valence-electron chi connectivity index (χ0n) is 6.21. The predicted octanol–water partition coefficient (Wildman–Crippen LogP) is 2.72. The molecular weight excluding hydrogens is 244 g/mol. The van der Waals surface area contributed by atoms with Crippen LogP contribution in [0.2, 0.25) is 0 Å². The number of halogens is 1. The van der Waals surface area contributed by atoms with Gasteiger partial charge in [0.05, 0.1) is 0 Å². The van der Waals surface area contributed by atoms with Gasteiger partial charge in [-0.15, -0.1) is 0 Å². The number of alkyl halides is 1. The highest BCUT2D eigenvalue weighted by atomic mass is 79.9. The minimum absolute atomic E-state index is 0.886. The second-order valence-corrected chi connectivity index (χ2v) is 4.89. The molecule has 0 spiro atoms. The Labute approximate surface area is 83.1 Å². The summed E-state index contributed by atoms with van der Waals surface area (Å²) in [6, 6.07) is 0. The van der Waals surface area contributed by atoms with Gasteiger partial charge in [-0.2, -0.15) is 4.37 Å². The molecule has 0 saturated carbocycles. The smallest absolute Gasteiger partial charge is 0.170 e. The molecule has 5 heteroatoms. The summed E-state index contributed by atoms with van der Waals surface area (Å²) in [4.78, 5) is 4.24. The molecule has 0 aliphatic rings. The van der Waals surface area contributed by atoms with E-state index in [0.29, 0.717) is 0 Å². The molecule has 0 fully saturated rings. The van der Waals surface area contributed by atoms with Crippen molar-refractivity contribution < 1.29 is 0 Å². The Kier molecular flexibility index (Phi) is 4.40. The van der Waals surface area contributed by atoms with E-state index in [1.165, 1.54) is 18.0 Å². The normalized spacial score (nSPS) is 10.4. The second kappa shape index (κ2) is 5.11. The fourth-order valence-electron chi connectivity index (χ4n) is 0.551. The van der Waals surface area contributed by atoms with Crippen molar-refractivity contribution in [2.24, 2.45) is 0 Å². The zero-order valence-corrected chi connectivity index (χ0v) is 9.43. The minimum atomic E-state index is 0.886. The Morgan fingerprint density at radius 2 is 2.45 bits per heavy atom. The lowest BCUT2D eigenvalue weighted by Gasteiger charge is -1.91. The van der Waals surface area contributed by atoms with Crippen LogP contribution in [0.1, 0.15) is 12.2 Å². The number of aryl methyl sites for hydroxylation is 1. The molecule has 2 nitrogen and oxygen atoms in total. The summed E-state index contributed by atoms with van der Waals surface area (Å²) in [5.74, 6) is 2.01. The first kappa shape index (κ1) is 9.48. The van der Waals surface area contributed by atoms with Crippen molar-refractivity contribution in [3.63, 3.8) is 0 Å². The van der Waals surface area contributed by atoms with Crippen LogP contribution in [0.5, 0.6) is 0 Å². The van der Waals surface area contributed by atoms with Crippen LogP contribution in [0.25, 0.3) is 0 Å². The van der Waals surface area contributed by atoms with E-state index >= 15 is 0 Å². The van der Waals surface area contributed by atoms with Gasteiger partial charge in [-0.1, -0.05) is 27.7 Å². The molecule has 0 aliphatic carbocycles. The first-order valence-corrected chi connectivity index (χ1v) is 6.20. The van der Waals surface area contributed by atoms with E-state index in [4.69, 9.17) is 0 Å². The van der Waals surface area contributed by atoms with Gasteiger partial charge < -0.3 is 0 Å². The van der Waals surface area contributed by atoms with Crippen LogP contribution in [0.15, 0.2) is 4.34 Å². The third-order valence-corrected chi connectivity index (χ3v) is 3.58. The minimum Gasteiger partial charge on any atom is -0.213 e. The summed E-state index contributed by atoms with van der Waals surface area (Å²) >= 11 is 6.65. The van der Waals surface area contributed by atoms with Gasteiger partial charge in [-0.25, -0.2) is 4.98 Å². The molecule has 0 unspecified atom stereocenters. The van der Waals surface area contributed by atoms with Crippen molar-refractivity contribution in [1.82, 2.24) is 9.36 Å². The van der Waals surface area contributed by atoms with E-state index in [2.05, 4.69) is 25.3 Å². The topological polar surface area (TPSA) is 25.8 Å². The molecule has 0 amide bonds. The molecule has 0 saturated heterocycles. The quantitative estimate of drug-likeness (QED) is 0.468. The average molecular weight is 253 g/mol. The van der Waals surface area contributed by atoms with Crippen molar-refractivity contribution >= 4 is 39.2 Å². The highest BCUT2D eigenvalue weighted by Gasteiger charge is 1.98. The largest absolute Gasteiger partial charge is 0.213 e. The number of hydrogen-bond acceptors (Lipinski definition) is 4. The summed E-state index contributed by atoms with van der Waals surface area (Å²) < 4.78 is 5.18. The lowest BCUT2D eigenvalue weighted by atomic mass is 10.6. The van der Waals surface area contributed by atoms with E-state index in [0.717, 1.165) is 21.2 Å². The maximum atomic E-state index is 4.24. The third kappa shape index (κ3) is 3.53. The summed E-state index contributed by atoms with van der Waals surface area (Å²) in [6.07, 6.45) is 1.18. The van der Waals surface area contributed by atoms with Crippen molar-refractivity contribution in [3.05, 3.63) is 5.82 Å². The van der Waals surface area contributed by atoms with Crippen LogP contribution in [0.4, 0.5) is 0 Å². The Bertz CT molecular complexity index is 214. The summed E-state index contributed by atoms with van der Waals surface area (Å²) in [6.45, 7) is 1.92. The van der Waals surface area contributed by atoms with Crippen LogP contribution >= 0.6 is 39.2 Å². The van der Waals surface area contributed by atoms with Crippen molar-refractivity contribution in [2.75, 3.05) is 11.1 Å². The van der Waals surface area contributed by atoms with E-state index in [-0.39, 0.29) is 0 Å². The molecule has 0 atom stereocenters. The number of aromatic nitrogens is 2. The van der Waals surface area contributed by atoms with Gasteiger partial charge in [0, 0.05) is 11.1 Å². The maximum Gasteiger partial charge on any atom is 0.170 e. The number of thioether (sulfide) groups is 1. The lowest BCUT2D eigenvalue weighted by Crippen LogP contribution is -1.79. The average Bonchev–Trinajstić information content (AvgIpc) is 2.37. The van der Waals surface area contributed by atoms with Crippen molar-refractivity contribution in [3.8, 4) is 0 Å². The van der Waals surface area contributed by atoms with Crippen molar-refractivity contribution in [1.29, 1.82) is 0 Å². The lowest BCUT2D eigenvalue weighted by molar-refractivity contribution is 1.09. The predicted molar refractivity (Wildman–Crippen MR) is 53.8 cm³/mol. The van der Waals surface area contributed by atoms with Gasteiger partial charge in [0.2, 0.25) is 0 Å². The van der Waals surface area contributed by atoms with Gasteiger partial charge in [-0.05, 0) is 24.9 Å². The summed E-state index contributed by atoms with van der Waals surface area (Å²) in [5.41, 5.74) is 0. The summed E-state index contributed by atoms with van der Waals surface area (Å²) in [5, 5.41) is 1.07. The number of hydrogen-bond donors (Lipinski definition) is 0. The highest BCUT2D eigenvalue weighted by molar-refractivity contribution is 9.09.